The maximum atomic E-state index is 14.0. The average molecular weight is 393 g/mol. The molecule has 0 saturated carbocycles. The van der Waals surface area contributed by atoms with Crippen LogP contribution < -0.4 is 10.1 Å². The number of hydrogen-bond donors (Lipinski definition) is 1. The highest BCUT2D eigenvalue weighted by molar-refractivity contribution is 6.33. The predicted octanol–water partition coefficient (Wildman–Crippen LogP) is 3.29. The summed E-state index contributed by atoms with van der Waals surface area (Å²) in [6.45, 7) is 3.12. The number of halogens is 2. The molecule has 1 heterocycles. The molecule has 2 aromatic carbocycles. The van der Waals surface area contributed by atoms with Gasteiger partial charge in [0.25, 0.3) is 5.91 Å². The molecule has 1 unspecified atom stereocenters. The molecular weight excluding hydrogens is 371 g/mol. The Hall–Kier alpha value is -2.15. The zero-order valence-electron chi connectivity index (χ0n) is 15.1. The third kappa shape index (κ3) is 4.77. The van der Waals surface area contributed by atoms with Gasteiger partial charge in [-0.25, -0.2) is 4.39 Å². The van der Waals surface area contributed by atoms with Crippen molar-refractivity contribution in [1.29, 1.82) is 0 Å². The first-order valence-electron chi connectivity index (χ1n) is 8.78. The molecule has 1 atom stereocenters. The minimum absolute atomic E-state index is 0.0608. The maximum absolute atomic E-state index is 14.0. The number of morpholine rings is 1. The van der Waals surface area contributed by atoms with E-state index in [0.29, 0.717) is 19.8 Å². The molecule has 1 amide bonds. The van der Waals surface area contributed by atoms with Crippen molar-refractivity contribution in [3.63, 3.8) is 0 Å². The Labute approximate surface area is 163 Å². The Kier molecular flexibility index (Phi) is 6.66. The van der Waals surface area contributed by atoms with Crippen LogP contribution in [0, 0.1) is 5.82 Å². The number of hydrogen-bond acceptors (Lipinski definition) is 4. The molecule has 1 aliphatic rings. The molecule has 1 fully saturated rings. The largest absolute Gasteiger partial charge is 0.497 e. The Bertz CT molecular complexity index is 759. The van der Waals surface area contributed by atoms with E-state index in [2.05, 4.69) is 10.2 Å². The molecule has 27 heavy (non-hydrogen) atoms. The van der Waals surface area contributed by atoms with Crippen LogP contribution in [0.2, 0.25) is 5.02 Å². The number of amides is 1. The Morgan fingerprint density at radius 2 is 1.96 bits per heavy atom. The van der Waals surface area contributed by atoms with Crippen molar-refractivity contribution in [2.45, 2.75) is 6.04 Å². The van der Waals surface area contributed by atoms with Crippen molar-refractivity contribution in [3.05, 3.63) is 64.4 Å². The first-order valence-corrected chi connectivity index (χ1v) is 9.16. The standard InChI is InChI=1S/C20H22ClFN2O3/c1-26-15-7-5-14(6-8-15)18(24-9-11-27-12-10-24)13-23-20(25)19-16(21)3-2-4-17(19)22/h2-8,18H,9-13H2,1H3,(H,23,25). The lowest BCUT2D eigenvalue weighted by Gasteiger charge is -2.35. The Balaban J connectivity index is 1.77. The average Bonchev–Trinajstić information content (AvgIpc) is 2.69. The molecule has 0 aromatic heterocycles. The van der Waals surface area contributed by atoms with E-state index in [1.165, 1.54) is 18.2 Å². The SMILES string of the molecule is COc1ccc(C(CNC(=O)c2c(F)cccc2Cl)N2CCOCC2)cc1. The third-order valence-corrected chi connectivity index (χ3v) is 4.95. The number of carbonyl (C=O) groups excluding carboxylic acids is 1. The maximum Gasteiger partial charge on any atom is 0.255 e. The van der Waals surface area contributed by atoms with Gasteiger partial charge in [0.2, 0.25) is 0 Å². The van der Waals surface area contributed by atoms with Crippen LogP contribution in [0.25, 0.3) is 0 Å². The van der Waals surface area contributed by atoms with Crippen molar-refractivity contribution in [2.75, 3.05) is 40.0 Å². The Morgan fingerprint density at radius 1 is 1.26 bits per heavy atom. The summed E-state index contributed by atoms with van der Waals surface area (Å²) in [6, 6.07) is 11.9. The molecule has 1 aliphatic heterocycles. The van der Waals surface area contributed by atoms with Gasteiger partial charge in [-0.2, -0.15) is 0 Å². The summed E-state index contributed by atoms with van der Waals surface area (Å²) in [5, 5.41) is 2.93. The van der Waals surface area contributed by atoms with Gasteiger partial charge in [-0.15, -0.1) is 0 Å². The van der Waals surface area contributed by atoms with Crippen LogP contribution in [0.5, 0.6) is 5.75 Å². The van der Waals surface area contributed by atoms with E-state index in [-0.39, 0.29) is 16.6 Å². The highest BCUT2D eigenvalue weighted by atomic mass is 35.5. The van der Waals surface area contributed by atoms with E-state index in [1.54, 1.807) is 7.11 Å². The lowest BCUT2D eigenvalue weighted by molar-refractivity contribution is 0.0162. The fraction of sp³-hybridized carbons (Fsp3) is 0.350. The molecule has 7 heteroatoms. The quantitative estimate of drug-likeness (QED) is 0.819. The summed E-state index contributed by atoms with van der Waals surface area (Å²) >= 11 is 6.00. The highest BCUT2D eigenvalue weighted by Crippen LogP contribution is 2.24. The molecular formula is C20H22ClFN2O3. The number of nitrogens with zero attached hydrogens (tertiary/aromatic N) is 1. The summed E-state index contributed by atoms with van der Waals surface area (Å²) in [6.07, 6.45) is 0. The number of benzene rings is 2. The van der Waals surface area contributed by atoms with Crippen molar-refractivity contribution >= 4 is 17.5 Å². The van der Waals surface area contributed by atoms with Crippen molar-refractivity contribution in [2.24, 2.45) is 0 Å². The van der Waals surface area contributed by atoms with Crippen LogP contribution >= 0.6 is 11.6 Å². The van der Waals surface area contributed by atoms with E-state index in [4.69, 9.17) is 21.1 Å². The number of methoxy groups -OCH3 is 1. The number of rotatable bonds is 6. The summed E-state index contributed by atoms with van der Waals surface area (Å²) in [5.41, 5.74) is 0.909. The van der Waals surface area contributed by atoms with Crippen LogP contribution in [0.4, 0.5) is 4.39 Å². The second-order valence-corrected chi connectivity index (χ2v) is 6.65. The molecule has 0 aliphatic carbocycles. The summed E-state index contributed by atoms with van der Waals surface area (Å²) in [5.74, 6) is -0.390. The lowest BCUT2D eigenvalue weighted by Crippen LogP contribution is -2.44. The molecule has 0 bridgehead atoms. The molecule has 2 aromatic rings. The predicted molar refractivity (Wildman–Crippen MR) is 102 cm³/mol. The normalized spacial score (nSPS) is 16.0. The summed E-state index contributed by atoms with van der Waals surface area (Å²) in [7, 11) is 1.62. The molecule has 3 rings (SSSR count). The summed E-state index contributed by atoms with van der Waals surface area (Å²) in [4.78, 5) is 14.8. The lowest BCUT2D eigenvalue weighted by atomic mass is 10.0. The third-order valence-electron chi connectivity index (χ3n) is 4.63. The smallest absolute Gasteiger partial charge is 0.255 e. The zero-order valence-corrected chi connectivity index (χ0v) is 15.8. The number of ether oxygens (including phenoxy) is 2. The van der Waals surface area contributed by atoms with Gasteiger partial charge in [-0.05, 0) is 29.8 Å². The molecule has 1 saturated heterocycles. The monoisotopic (exact) mass is 392 g/mol. The van der Waals surface area contributed by atoms with E-state index in [9.17, 15) is 9.18 Å². The van der Waals surface area contributed by atoms with E-state index in [0.717, 1.165) is 24.4 Å². The molecule has 1 N–H and O–H groups in total. The van der Waals surface area contributed by atoms with Crippen molar-refractivity contribution < 1.29 is 18.7 Å². The van der Waals surface area contributed by atoms with Crippen LogP contribution in [0.1, 0.15) is 22.0 Å². The van der Waals surface area contributed by atoms with E-state index in [1.807, 2.05) is 24.3 Å². The second-order valence-electron chi connectivity index (χ2n) is 6.24. The van der Waals surface area contributed by atoms with Gasteiger partial charge in [-0.3, -0.25) is 9.69 Å². The van der Waals surface area contributed by atoms with Gasteiger partial charge in [0.15, 0.2) is 0 Å². The van der Waals surface area contributed by atoms with Gasteiger partial charge < -0.3 is 14.8 Å². The van der Waals surface area contributed by atoms with Crippen LogP contribution in [-0.2, 0) is 4.74 Å². The molecule has 144 valence electrons. The molecule has 0 radical (unpaired) electrons. The molecule has 0 spiro atoms. The minimum Gasteiger partial charge on any atom is -0.497 e. The van der Waals surface area contributed by atoms with Gasteiger partial charge >= 0.3 is 0 Å². The molecule has 5 nitrogen and oxygen atoms in total. The Morgan fingerprint density at radius 3 is 2.59 bits per heavy atom. The van der Waals surface area contributed by atoms with Crippen molar-refractivity contribution in [3.8, 4) is 5.75 Å². The van der Waals surface area contributed by atoms with E-state index < -0.39 is 11.7 Å². The van der Waals surface area contributed by atoms with Crippen LogP contribution in [0.15, 0.2) is 42.5 Å². The van der Waals surface area contributed by atoms with Gasteiger partial charge in [-0.1, -0.05) is 29.8 Å². The van der Waals surface area contributed by atoms with Crippen LogP contribution in [0.3, 0.4) is 0 Å². The second kappa shape index (κ2) is 9.17. The fourth-order valence-corrected chi connectivity index (χ4v) is 3.41. The first-order chi connectivity index (χ1) is 13.1. The topological polar surface area (TPSA) is 50.8 Å². The minimum atomic E-state index is -0.632. The first kappa shape index (κ1) is 19.6. The van der Waals surface area contributed by atoms with E-state index >= 15 is 0 Å². The zero-order chi connectivity index (χ0) is 19.2. The fourth-order valence-electron chi connectivity index (χ4n) is 3.17. The highest BCUT2D eigenvalue weighted by Gasteiger charge is 2.24. The number of nitrogens with one attached hydrogen (secondary N) is 1. The van der Waals surface area contributed by atoms with Gasteiger partial charge in [0, 0.05) is 19.6 Å². The van der Waals surface area contributed by atoms with Gasteiger partial charge in [0.05, 0.1) is 37.0 Å². The van der Waals surface area contributed by atoms with Crippen molar-refractivity contribution in [1.82, 2.24) is 10.2 Å². The van der Waals surface area contributed by atoms with Gasteiger partial charge in [0.1, 0.15) is 11.6 Å². The summed E-state index contributed by atoms with van der Waals surface area (Å²) < 4.78 is 24.6. The number of carbonyl (C=O) groups is 1. The van der Waals surface area contributed by atoms with Crippen LogP contribution in [-0.4, -0.2) is 50.8 Å².